The minimum Gasteiger partial charge on any atom is -0.466 e. The van der Waals surface area contributed by atoms with Gasteiger partial charge in [-0.05, 0) is 32.4 Å². The highest BCUT2D eigenvalue weighted by Gasteiger charge is 2.02. The summed E-state index contributed by atoms with van der Waals surface area (Å²) in [6.07, 6.45) is 3.51. The van der Waals surface area contributed by atoms with Crippen LogP contribution >= 0.6 is 0 Å². The smallest absolute Gasteiger partial charge is 0.305 e. The van der Waals surface area contributed by atoms with Crippen molar-refractivity contribution < 1.29 is 9.53 Å². The highest BCUT2D eigenvalue weighted by atomic mass is 16.5. The SMILES string of the molecule is CNCCCOC(=O)CCCC(C)C. The van der Waals surface area contributed by atoms with Gasteiger partial charge in [-0.2, -0.15) is 0 Å². The molecule has 0 radical (unpaired) electrons. The van der Waals surface area contributed by atoms with E-state index >= 15 is 0 Å². The third-order valence-corrected chi connectivity index (χ3v) is 2.00. The Morgan fingerprint density at radius 2 is 2.07 bits per heavy atom. The zero-order valence-corrected chi connectivity index (χ0v) is 9.64. The van der Waals surface area contributed by atoms with Crippen LogP contribution in [-0.4, -0.2) is 26.2 Å². The van der Waals surface area contributed by atoms with Crippen molar-refractivity contribution in [2.75, 3.05) is 20.2 Å². The van der Waals surface area contributed by atoms with Gasteiger partial charge in [0, 0.05) is 6.42 Å². The predicted octanol–water partition coefficient (Wildman–Crippen LogP) is 1.97. The molecule has 0 fully saturated rings. The molecule has 1 N–H and O–H groups in total. The highest BCUT2D eigenvalue weighted by molar-refractivity contribution is 5.69. The average Bonchev–Trinajstić information content (AvgIpc) is 2.12. The number of hydrogen-bond donors (Lipinski definition) is 1. The van der Waals surface area contributed by atoms with Crippen molar-refractivity contribution in [3.63, 3.8) is 0 Å². The molecule has 0 bridgehead atoms. The summed E-state index contributed by atoms with van der Waals surface area (Å²) in [5.41, 5.74) is 0. The van der Waals surface area contributed by atoms with E-state index in [2.05, 4.69) is 19.2 Å². The largest absolute Gasteiger partial charge is 0.466 e. The zero-order valence-electron chi connectivity index (χ0n) is 9.64. The van der Waals surface area contributed by atoms with Crippen LogP contribution in [0, 0.1) is 5.92 Å². The fourth-order valence-corrected chi connectivity index (χ4v) is 1.16. The standard InChI is InChI=1S/C11H23NO2/c1-10(2)6-4-7-11(13)14-9-5-8-12-3/h10,12H,4-9H2,1-3H3. The molecular formula is C11H23NO2. The Morgan fingerprint density at radius 3 is 2.64 bits per heavy atom. The normalized spacial score (nSPS) is 10.6. The third-order valence-electron chi connectivity index (χ3n) is 2.00. The van der Waals surface area contributed by atoms with Gasteiger partial charge in [0.05, 0.1) is 6.61 Å². The van der Waals surface area contributed by atoms with E-state index in [-0.39, 0.29) is 5.97 Å². The van der Waals surface area contributed by atoms with Crippen LogP contribution in [0.4, 0.5) is 0 Å². The molecule has 84 valence electrons. The lowest BCUT2D eigenvalue weighted by atomic mass is 10.1. The van der Waals surface area contributed by atoms with Crippen molar-refractivity contribution in [1.82, 2.24) is 5.32 Å². The van der Waals surface area contributed by atoms with E-state index < -0.39 is 0 Å². The molecule has 0 aliphatic heterocycles. The Kier molecular flexibility index (Phi) is 8.64. The van der Waals surface area contributed by atoms with Crippen molar-refractivity contribution in [2.24, 2.45) is 5.92 Å². The number of carbonyl (C=O) groups is 1. The Labute approximate surface area is 87.2 Å². The van der Waals surface area contributed by atoms with Crippen LogP contribution < -0.4 is 5.32 Å². The maximum atomic E-state index is 11.1. The van der Waals surface area contributed by atoms with Gasteiger partial charge in [0.1, 0.15) is 0 Å². The summed E-state index contributed by atoms with van der Waals surface area (Å²) in [5.74, 6) is 0.619. The quantitative estimate of drug-likeness (QED) is 0.482. The molecule has 0 aliphatic rings. The average molecular weight is 201 g/mol. The summed E-state index contributed by atoms with van der Waals surface area (Å²) in [7, 11) is 1.89. The van der Waals surface area contributed by atoms with E-state index in [1.54, 1.807) is 0 Å². The summed E-state index contributed by atoms with van der Waals surface area (Å²) in [6.45, 7) is 5.77. The van der Waals surface area contributed by atoms with E-state index in [1.165, 1.54) is 0 Å². The highest BCUT2D eigenvalue weighted by Crippen LogP contribution is 2.06. The van der Waals surface area contributed by atoms with E-state index in [0.29, 0.717) is 18.9 Å². The van der Waals surface area contributed by atoms with Gasteiger partial charge in [-0.15, -0.1) is 0 Å². The van der Waals surface area contributed by atoms with Crippen LogP contribution in [0.15, 0.2) is 0 Å². The molecule has 0 unspecified atom stereocenters. The lowest BCUT2D eigenvalue weighted by Crippen LogP contribution is -2.13. The molecule has 0 aliphatic carbocycles. The fourth-order valence-electron chi connectivity index (χ4n) is 1.16. The summed E-state index contributed by atoms with van der Waals surface area (Å²) in [6, 6.07) is 0. The molecule has 3 nitrogen and oxygen atoms in total. The van der Waals surface area contributed by atoms with Crippen LogP contribution in [-0.2, 0) is 9.53 Å². The van der Waals surface area contributed by atoms with Crippen molar-refractivity contribution in [3.8, 4) is 0 Å². The molecule has 0 aromatic rings. The Balaban J connectivity index is 3.20. The second-order valence-corrected chi connectivity index (χ2v) is 3.96. The van der Waals surface area contributed by atoms with Crippen LogP contribution in [0.3, 0.4) is 0 Å². The molecule has 0 heterocycles. The summed E-state index contributed by atoms with van der Waals surface area (Å²) in [4.78, 5) is 11.1. The van der Waals surface area contributed by atoms with Crippen molar-refractivity contribution >= 4 is 5.97 Å². The van der Waals surface area contributed by atoms with Gasteiger partial charge >= 0.3 is 5.97 Å². The van der Waals surface area contributed by atoms with Crippen molar-refractivity contribution in [1.29, 1.82) is 0 Å². The van der Waals surface area contributed by atoms with Crippen molar-refractivity contribution in [3.05, 3.63) is 0 Å². The summed E-state index contributed by atoms with van der Waals surface area (Å²) < 4.78 is 5.05. The minimum atomic E-state index is -0.0539. The lowest BCUT2D eigenvalue weighted by molar-refractivity contribution is -0.143. The molecule has 0 spiro atoms. The second-order valence-electron chi connectivity index (χ2n) is 3.96. The molecule has 0 saturated carbocycles. The first-order valence-electron chi connectivity index (χ1n) is 5.47. The maximum Gasteiger partial charge on any atom is 0.305 e. The van der Waals surface area contributed by atoms with Gasteiger partial charge in [-0.25, -0.2) is 0 Å². The fraction of sp³-hybridized carbons (Fsp3) is 0.909. The first-order chi connectivity index (χ1) is 6.66. The number of nitrogens with one attached hydrogen (secondary N) is 1. The minimum absolute atomic E-state index is 0.0539. The zero-order chi connectivity index (χ0) is 10.8. The monoisotopic (exact) mass is 201 g/mol. The summed E-state index contributed by atoms with van der Waals surface area (Å²) >= 11 is 0. The molecule has 0 aromatic carbocycles. The van der Waals surface area contributed by atoms with Gasteiger partial charge in [0.2, 0.25) is 0 Å². The van der Waals surface area contributed by atoms with Crippen molar-refractivity contribution in [2.45, 2.75) is 39.5 Å². The Bertz CT molecular complexity index is 146. The van der Waals surface area contributed by atoms with E-state index in [4.69, 9.17) is 4.74 Å². The summed E-state index contributed by atoms with van der Waals surface area (Å²) in [5, 5.41) is 3.01. The second kappa shape index (κ2) is 9.00. The number of ether oxygens (including phenoxy) is 1. The first kappa shape index (κ1) is 13.4. The molecule has 14 heavy (non-hydrogen) atoms. The molecule has 0 amide bonds. The van der Waals surface area contributed by atoms with Crippen LogP contribution in [0.25, 0.3) is 0 Å². The number of carbonyl (C=O) groups excluding carboxylic acids is 1. The third kappa shape index (κ3) is 9.52. The first-order valence-corrected chi connectivity index (χ1v) is 5.47. The maximum absolute atomic E-state index is 11.1. The molecule has 0 aromatic heterocycles. The van der Waals surface area contributed by atoms with Crippen LogP contribution in [0.5, 0.6) is 0 Å². The Hall–Kier alpha value is -0.570. The van der Waals surface area contributed by atoms with E-state index in [1.807, 2.05) is 7.05 Å². The van der Waals surface area contributed by atoms with Crippen LogP contribution in [0.2, 0.25) is 0 Å². The van der Waals surface area contributed by atoms with Gasteiger partial charge in [-0.1, -0.05) is 20.3 Å². The van der Waals surface area contributed by atoms with Gasteiger partial charge in [-0.3, -0.25) is 4.79 Å². The molecule has 3 heteroatoms. The van der Waals surface area contributed by atoms with Gasteiger partial charge < -0.3 is 10.1 Å². The molecule has 0 rings (SSSR count). The Morgan fingerprint density at radius 1 is 1.36 bits per heavy atom. The predicted molar refractivity (Wildman–Crippen MR) is 58.2 cm³/mol. The van der Waals surface area contributed by atoms with E-state index in [0.717, 1.165) is 25.8 Å². The van der Waals surface area contributed by atoms with Gasteiger partial charge in [0.25, 0.3) is 0 Å². The topological polar surface area (TPSA) is 38.3 Å². The lowest BCUT2D eigenvalue weighted by Gasteiger charge is -2.05. The van der Waals surface area contributed by atoms with E-state index in [9.17, 15) is 4.79 Å². The van der Waals surface area contributed by atoms with Gasteiger partial charge in [0.15, 0.2) is 0 Å². The molecule has 0 saturated heterocycles. The van der Waals surface area contributed by atoms with Crippen LogP contribution in [0.1, 0.15) is 39.5 Å². The number of rotatable bonds is 8. The molecular weight excluding hydrogens is 178 g/mol. The molecule has 0 atom stereocenters. The number of hydrogen-bond acceptors (Lipinski definition) is 3. The number of esters is 1.